The van der Waals surface area contributed by atoms with Gasteiger partial charge in [0.25, 0.3) is 5.91 Å². The van der Waals surface area contributed by atoms with Crippen molar-refractivity contribution in [2.45, 2.75) is 13.8 Å². The number of likely N-dealkylation sites (tertiary alicyclic amines) is 1. The van der Waals surface area contributed by atoms with Gasteiger partial charge in [-0.05, 0) is 25.0 Å². The third-order valence-electron chi connectivity index (χ3n) is 4.42. The first-order valence-electron chi connectivity index (χ1n) is 7.71. The van der Waals surface area contributed by atoms with Crippen molar-refractivity contribution in [3.63, 3.8) is 0 Å². The molecule has 1 amide bonds. The fourth-order valence-corrected chi connectivity index (χ4v) is 3.26. The van der Waals surface area contributed by atoms with Crippen LogP contribution in [0.3, 0.4) is 0 Å². The van der Waals surface area contributed by atoms with Crippen LogP contribution in [0.1, 0.15) is 23.0 Å². The molecule has 1 fully saturated rings. The van der Waals surface area contributed by atoms with Crippen molar-refractivity contribution >= 4 is 23.5 Å². The number of hydrogen-bond acceptors (Lipinski definition) is 3. The molecule has 1 aliphatic heterocycles. The number of carbonyl (C=O) groups excluding carboxylic acids is 1. The average Bonchev–Trinajstić information content (AvgIpc) is 3.10. The van der Waals surface area contributed by atoms with Gasteiger partial charge in [0.2, 0.25) is 0 Å². The normalized spacial score (nSPS) is 20.4. The topological polar surface area (TPSA) is 75.4 Å². The summed E-state index contributed by atoms with van der Waals surface area (Å²) in [4.78, 5) is 25.5. The molecule has 1 aromatic carbocycles. The molecule has 1 aromatic heterocycles. The maximum absolute atomic E-state index is 12.7. The zero-order chi connectivity index (χ0) is 17.4. The number of para-hydroxylation sites is 1. The van der Waals surface area contributed by atoms with Crippen molar-refractivity contribution in [3.05, 3.63) is 46.7 Å². The van der Waals surface area contributed by atoms with Gasteiger partial charge in [-0.2, -0.15) is 5.10 Å². The molecule has 1 saturated heterocycles. The Bertz CT molecular complexity index is 802. The molecule has 0 radical (unpaired) electrons. The van der Waals surface area contributed by atoms with Gasteiger partial charge in [-0.3, -0.25) is 9.59 Å². The highest BCUT2D eigenvalue weighted by molar-refractivity contribution is 6.32. The lowest BCUT2D eigenvalue weighted by atomic mass is 9.99. The summed E-state index contributed by atoms with van der Waals surface area (Å²) in [6, 6.07) is 7.25. The number of nitrogens with zero attached hydrogens (tertiary/aromatic N) is 3. The molecule has 7 heteroatoms. The van der Waals surface area contributed by atoms with Gasteiger partial charge in [0.1, 0.15) is 0 Å². The van der Waals surface area contributed by atoms with Crippen molar-refractivity contribution in [2.75, 3.05) is 13.1 Å². The number of aryl methyl sites for hydroxylation is 1. The van der Waals surface area contributed by atoms with E-state index in [9.17, 15) is 14.7 Å². The van der Waals surface area contributed by atoms with Crippen LogP contribution in [0.15, 0.2) is 30.5 Å². The lowest BCUT2D eigenvalue weighted by Gasteiger charge is -2.14. The van der Waals surface area contributed by atoms with Crippen LogP contribution in [0.4, 0.5) is 0 Å². The summed E-state index contributed by atoms with van der Waals surface area (Å²) in [6.07, 6.45) is 1.75. The Balaban J connectivity index is 1.87. The summed E-state index contributed by atoms with van der Waals surface area (Å²) >= 11 is 6.18. The molecule has 24 heavy (non-hydrogen) atoms. The first kappa shape index (κ1) is 16.5. The van der Waals surface area contributed by atoms with Gasteiger partial charge < -0.3 is 10.0 Å². The second-order valence-electron chi connectivity index (χ2n) is 6.19. The minimum absolute atomic E-state index is 0.0718. The van der Waals surface area contributed by atoms with Crippen LogP contribution in [-0.4, -0.2) is 44.8 Å². The highest BCUT2D eigenvalue weighted by Gasteiger charge is 2.38. The molecule has 0 saturated carbocycles. The molecular weight excluding hydrogens is 330 g/mol. The van der Waals surface area contributed by atoms with Crippen molar-refractivity contribution in [1.82, 2.24) is 14.7 Å². The Hall–Kier alpha value is -2.34. The van der Waals surface area contributed by atoms with Crippen LogP contribution < -0.4 is 0 Å². The van der Waals surface area contributed by atoms with Crippen LogP contribution in [0.25, 0.3) is 5.69 Å². The Labute approximate surface area is 144 Å². The highest BCUT2D eigenvalue weighted by Crippen LogP contribution is 2.26. The van der Waals surface area contributed by atoms with E-state index in [1.165, 1.54) is 0 Å². The van der Waals surface area contributed by atoms with Gasteiger partial charge in [-0.15, -0.1) is 0 Å². The van der Waals surface area contributed by atoms with E-state index in [-0.39, 0.29) is 18.4 Å². The SMILES string of the molecule is Cc1cn(-c2ccccc2Cl)nc1C(=O)N1C[C@@H](C)[C@H](C(=O)O)C1. The zero-order valence-corrected chi connectivity index (χ0v) is 14.2. The maximum Gasteiger partial charge on any atom is 0.308 e. The number of benzene rings is 1. The summed E-state index contributed by atoms with van der Waals surface area (Å²) in [6.45, 7) is 4.30. The van der Waals surface area contributed by atoms with E-state index in [0.29, 0.717) is 22.9 Å². The molecular formula is C17H18ClN3O3. The summed E-state index contributed by atoms with van der Waals surface area (Å²) in [5.41, 5.74) is 1.75. The van der Waals surface area contributed by atoms with Crippen molar-refractivity contribution in [3.8, 4) is 5.69 Å². The monoisotopic (exact) mass is 347 g/mol. The molecule has 1 N–H and O–H groups in total. The smallest absolute Gasteiger partial charge is 0.308 e. The van der Waals surface area contributed by atoms with Gasteiger partial charge >= 0.3 is 5.97 Å². The summed E-state index contributed by atoms with van der Waals surface area (Å²) in [5.74, 6) is -1.71. The molecule has 1 aliphatic rings. The van der Waals surface area contributed by atoms with E-state index in [1.54, 1.807) is 21.8 Å². The van der Waals surface area contributed by atoms with Crippen LogP contribution in [-0.2, 0) is 4.79 Å². The Morgan fingerprint density at radius 2 is 2.00 bits per heavy atom. The van der Waals surface area contributed by atoms with Crippen LogP contribution in [0.2, 0.25) is 5.02 Å². The van der Waals surface area contributed by atoms with Gasteiger partial charge in [0.05, 0.1) is 16.6 Å². The van der Waals surface area contributed by atoms with Gasteiger partial charge in [-0.25, -0.2) is 4.68 Å². The van der Waals surface area contributed by atoms with Crippen molar-refractivity contribution < 1.29 is 14.7 Å². The minimum Gasteiger partial charge on any atom is -0.481 e. The number of halogens is 1. The van der Waals surface area contributed by atoms with Crippen LogP contribution in [0, 0.1) is 18.8 Å². The molecule has 0 bridgehead atoms. The molecule has 126 valence electrons. The third kappa shape index (κ3) is 2.89. The highest BCUT2D eigenvalue weighted by atomic mass is 35.5. The van der Waals surface area contributed by atoms with Crippen LogP contribution >= 0.6 is 11.6 Å². The predicted octanol–water partition coefficient (Wildman–Crippen LogP) is 2.63. The summed E-state index contributed by atoms with van der Waals surface area (Å²) in [7, 11) is 0. The predicted molar refractivity (Wildman–Crippen MR) is 89.5 cm³/mol. The molecule has 6 nitrogen and oxygen atoms in total. The molecule has 0 unspecified atom stereocenters. The van der Waals surface area contributed by atoms with E-state index in [2.05, 4.69) is 5.10 Å². The fourth-order valence-electron chi connectivity index (χ4n) is 3.04. The van der Waals surface area contributed by atoms with Gasteiger partial charge in [0.15, 0.2) is 5.69 Å². The second-order valence-corrected chi connectivity index (χ2v) is 6.60. The molecule has 0 spiro atoms. The number of rotatable bonds is 3. The van der Waals surface area contributed by atoms with E-state index < -0.39 is 11.9 Å². The van der Waals surface area contributed by atoms with E-state index in [4.69, 9.17) is 11.6 Å². The Morgan fingerprint density at radius 3 is 2.62 bits per heavy atom. The molecule has 0 aliphatic carbocycles. The third-order valence-corrected chi connectivity index (χ3v) is 4.74. The number of carboxylic acids is 1. The number of carbonyl (C=O) groups is 2. The molecule has 2 aromatic rings. The largest absolute Gasteiger partial charge is 0.481 e. The van der Waals surface area contributed by atoms with Crippen LogP contribution in [0.5, 0.6) is 0 Å². The lowest BCUT2D eigenvalue weighted by molar-refractivity contribution is -0.142. The number of aromatic nitrogens is 2. The second kappa shape index (κ2) is 6.28. The number of carboxylic acid groups (broad SMARTS) is 1. The van der Waals surface area contributed by atoms with Crippen molar-refractivity contribution in [1.29, 1.82) is 0 Å². The van der Waals surface area contributed by atoms with Crippen molar-refractivity contribution in [2.24, 2.45) is 11.8 Å². The quantitative estimate of drug-likeness (QED) is 0.926. The minimum atomic E-state index is -0.865. The van der Waals surface area contributed by atoms with E-state index >= 15 is 0 Å². The number of aliphatic carboxylic acids is 1. The van der Waals surface area contributed by atoms with Gasteiger partial charge in [-0.1, -0.05) is 30.7 Å². The van der Waals surface area contributed by atoms with E-state index in [0.717, 1.165) is 5.56 Å². The lowest BCUT2D eigenvalue weighted by Crippen LogP contribution is -2.30. The van der Waals surface area contributed by atoms with Gasteiger partial charge in [0, 0.05) is 24.8 Å². The molecule has 3 rings (SSSR count). The first-order valence-corrected chi connectivity index (χ1v) is 8.09. The molecule has 2 atom stereocenters. The maximum atomic E-state index is 12.7. The fraction of sp³-hybridized carbons (Fsp3) is 0.353. The summed E-state index contributed by atoms with van der Waals surface area (Å²) in [5, 5.41) is 14.1. The average molecular weight is 348 g/mol. The number of hydrogen-bond donors (Lipinski definition) is 1. The zero-order valence-electron chi connectivity index (χ0n) is 13.4. The first-order chi connectivity index (χ1) is 11.4. The Morgan fingerprint density at radius 1 is 1.29 bits per heavy atom. The standard InChI is InChI=1S/C17H18ClN3O3/c1-10-7-20(9-12(10)17(23)24)16(22)15-11(2)8-21(19-15)14-6-4-3-5-13(14)18/h3-6,8,10,12H,7,9H2,1-2H3,(H,23,24)/t10-,12-/m1/s1. The summed E-state index contributed by atoms with van der Waals surface area (Å²) < 4.78 is 1.58. The Kier molecular flexibility index (Phi) is 4.32. The number of amides is 1. The molecule has 2 heterocycles. The van der Waals surface area contributed by atoms with E-state index in [1.807, 2.05) is 32.0 Å².